The number of carbonyl (C=O) groups excluding carboxylic acids is 2. The molecule has 0 bridgehead atoms. The molecule has 1 aliphatic rings. The molecule has 2 atom stereocenters. The van der Waals surface area contributed by atoms with Crippen LogP contribution in [-0.2, 0) is 9.47 Å². The lowest BCUT2D eigenvalue weighted by atomic mass is 9.97. The maximum atomic E-state index is 12.5. The van der Waals surface area contributed by atoms with E-state index < -0.39 is 29.1 Å². The summed E-state index contributed by atoms with van der Waals surface area (Å²) in [5.41, 5.74) is 0.543. The molecule has 0 aliphatic carbocycles. The Labute approximate surface area is 130 Å². The lowest BCUT2D eigenvalue weighted by Crippen LogP contribution is -2.26. The highest BCUT2D eigenvalue weighted by Crippen LogP contribution is 2.33. The Bertz CT molecular complexity index is 773. The summed E-state index contributed by atoms with van der Waals surface area (Å²) < 4.78 is 10.00. The molecule has 1 heterocycles. The van der Waals surface area contributed by atoms with Gasteiger partial charge in [-0.25, -0.2) is 4.79 Å². The number of benzene rings is 2. The molecule has 116 valence electrons. The number of carbonyl (C=O) groups is 2. The maximum Gasteiger partial charge on any atom is 0.509 e. The molecule has 1 saturated heterocycles. The third-order valence-electron chi connectivity index (χ3n) is 3.45. The number of hydrogen-bond donors (Lipinski definition) is 0. The van der Waals surface area contributed by atoms with Gasteiger partial charge in [0.15, 0.2) is 6.10 Å². The van der Waals surface area contributed by atoms with E-state index in [4.69, 9.17) is 9.47 Å². The van der Waals surface area contributed by atoms with Crippen LogP contribution in [0.2, 0.25) is 0 Å². The first kappa shape index (κ1) is 14.7. The van der Waals surface area contributed by atoms with Gasteiger partial charge in [-0.2, -0.15) is 0 Å². The number of cyclic esters (lactones) is 2. The highest BCUT2D eigenvalue weighted by molar-refractivity contribution is 6.01. The Morgan fingerprint density at radius 2 is 1.78 bits per heavy atom. The molecule has 0 aromatic heterocycles. The molecule has 7 heteroatoms. The molecular formula is C16H11NO6. The number of Topliss-reactive ketones (excluding diaryl/α,β-unsaturated/α-hetero) is 1. The van der Waals surface area contributed by atoms with Crippen molar-refractivity contribution in [2.24, 2.45) is 0 Å². The lowest BCUT2D eigenvalue weighted by Gasteiger charge is -2.14. The standard InChI is InChI=1S/C16H11NO6/c18-13(10-5-2-1-3-6-10)15-14(22-16(19)23-15)11-7-4-8-12(9-11)17(20)21/h1-9,14-15H/t14-,15-/m0/s1. The average Bonchev–Trinajstić information content (AvgIpc) is 2.97. The number of hydrogen-bond acceptors (Lipinski definition) is 6. The van der Waals surface area contributed by atoms with Gasteiger partial charge in [-0.1, -0.05) is 42.5 Å². The molecule has 0 N–H and O–H groups in total. The lowest BCUT2D eigenvalue weighted by molar-refractivity contribution is -0.385. The van der Waals surface area contributed by atoms with Crippen LogP contribution in [0.25, 0.3) is 0 Å². The summed E-state index contributed by atoms with van der Waals surface area (Å²) >= 11 is 0. The summed E-state index contributed by atoms with van der Waals surface area (Å²) in [5.74, 6) is -0.423. The van der Waals surface area contributed by atoms with Crippen LogP contribution in [0.15, 0.2) is 54.6 Å². The molecule has 0 amide bonds. The van der Waals surface area contributed by atoms with E-state index in [0.29, 0.717) is 11.1 Å². The maximum absolute atomic E-state index is 12.5. The zero-order valence-electron chi connectivity index (χ0n) is 11.7. The minimum atomic E-state index is -1.17. The molecular weight excluding hydrogens is 302 g/mol. The second kappa shape index (κ2) is 5.88. The normalized spacial score (nSPS) is 19.7. The third kappa shape index (κ3) is 2.89. The Kier molecular flexibility index (Phi) is 3.76. The van der Waals surface area contributed by atoms with Crippen LogP contribution < -0.4 is 0 Å². The molecule has 0 saturated carbocycles. The van der Waals surface area contributed by atoms with E-state index >= 15 is 0 Å². The summed E-state index contributed by atoms with van der Waals surface area (Å²) in [4.78, 5) is 34.3. The fourth-order valence-corrected chi connectivity index (χ4v) is 2.37. The van der Waals surface area contributed by atoms with E-state index in [0.717, 1.165) is 0 Å². The van der Waals surface area contributed by atoms with Gasteiger partial charge in [0.2, 0.25) is 11.9 Å². The van der Waals surface area contributed by atoms with E-state index in [2.05, 4.69) is 0 Å². The van der Waals surface area contributed by atoms with Crippen LogP contribution in [-0.4, -0.2) is 23.0 Å². The Morgan fingerprint density at radius 1 is 1.04 bits per heavy atom. The third-order valence-corrected chi connectivity index (χ3v) is 3.45. The van der Waals surface area contributed by atoms with E-state index in [9.17, 15) is 19.7 Å². The summed E-state index contributed by atoms with van der Waals surface area (Å²) in [7, 11) is 0. The Balaban J connectivity index is 1.94. The number of ketones is 1. The van der Waals surface area contributed by atoms with Crippen molar-refractivity contribution in [1.29, 1.82) is 0 Å². The van der Waals surface area contributed by atoms with E-state index in [1.165, 1.54) is 18.2 Å². The first-order valence-electron chi connectivity index (χ1n) is 6.77. The summed E-state index contributed by atoms with van der Waals surface area (Å²) in [6.07, 6.45) is -3.17. The van der Waals surface area contributed by atoms with Crippen LogP contribution in [0.5, 0.6) is 0 Å². The summed E-state index contributed by atoms with van der Waals surface area (Å²) in [5, 5.41) is 10.9. The Hall–Kier alpha value is -3.22. The zero-order valence-corrected chi connectivity index (χ0v) is 11.7. The highest BCUT2D eigenvalue weighted by atomic mass is 16.8. The Morgan fingerprint density at radius 3 is 2.48 bits per heavy atom. The topological polar surface area (TPSA) is 95.7 Å². The molecule has 0 unspecified atom stereocenters. The van der Waals surface area contributed by atoms with Gasteiger partial charge >= 0.3 is 6.16 Å². The van der Waals surface area contributed by atoms with Crippen LogP contribution >= 0.6 is 0 Å². The smallest absolute Gasteiger partial charge is 0.422 e. The van der Waals surface area contributed by atoms with Crippen molar-refractivity contribution in [1.82, 2.24) is 0 Å². The SMILES string of the molecule is O=C1O[C@@H](C(=O)c2ccccc2)[C@H](c2cccc([N+](=O)[O-])c2)O1. The minimum absolute atomic E-state index is 0.156. The molecule has 0 radical (unpaired) electrons. The second-order valence-corrected chi connectivity index (χ2v) is 4.91. The van der Waals surface area contributed by atoms with Crippen LogP contribution in [0.3, 0.4) is 0 Å². The van der Waals surface area contributed by atoms with Gasteiger partial charge in [-0.05, 0) is 0 Å². The molecule has 2 aromatic rings. The van der Waals surface area contributed by atoms with Gasteiger partial charge in [-0.15, -0.1) is 0 Å². The number of non-ortho nitro benzene ring substituents is 1. The highest BCUT2D eigenvalue weighted by Gasteiger charge is 2.43. The van der Waals surface area contributed by atoms with Crippen LogP contribution in [0.1, 0.15) is 22.0 Å². The van der Waals surface area contributed by atoms with E-state index in [1.807, 2.05) is 0 Å². The number of rotatable bonds is 4. The zero-order chi connectivity index (χ0) is 16.4. The first-order valence-corrected chi connectivity index (χ1v) is 6.77. The summed E-state index contributed by atoms with van der Waals surface area (Å²) in [6, 6.07) is 13.9. The fourth-order valence-electron chi connectivity index (χ4n) is 2.37. The van der Waals surface area contributed by atoms with Crippen molar-refractivity contribution in [3.63, 3.8) is 0 Å². The predicted molar refractivity (Wildman–Crippen MR) is 78.0 cm³/mol. The summed E-state index contributed by atoms with van der Waals surface area (Å²) in [6.45, 7) is 0. The fraction of sp³-hybridized carbons (Fsp3) is 0.125. The number of nitro groups is 1. The van der Waals surface area contributed by atoms with Crippen molar-refractivity contribution in [3.8, 4) is 0 Å². The largest absolute Gasteiger partial charge is 0.509 e. The second-order valence-electron chi connectivity index (χ2n) is 4.91. The van der Waals surface area contributed by atoms with Crippen LogP contribution in [0.4, 0.5) is 10.5 Å². The van der Waals surface area contributed by atoms with E-state index in [1.54, 1.807) is 36.4 Å². The van der Waals surface area contributed by atoms with Gasteiger partial charge in [0, 0.05) is 23.3 Å². The quantitative estimate of drug-likeness (QED) is 0.372. The van der Waals surface area contributed by atoms with Crippen LogP contribution in [0, 0.1) is 10.1 Å². The van der Waals surface area contributed by atoms with Crippen molar-refractivity contribution >= 4 is 17.6 Å². The molecule has 3 rings (SSSR count). The average molecular weight is 313 g/mol. The van der Waals surface area contributed by atoms with Gasteiger partial charge in [0.1, 0.15) is 0 Å². The van der Waals surface area contributed by atoms with Crippen molar-refractivity contribution in [2.75, 3.05) is 0 Å². The molecule has 1 aliphatic heterocycles. The molecule has 7 nitrogen and oxygen atoms in total. The minimum Gasteiger partial charge on any atom is -0.422 e. The number of nitrogens with zero attached hydrogens (tertiary/aromatic N) is 1. The van der Waals surface area contributed by atoms with Crippen molar-refractivity contribution in [3.05, 3.63) is 75.8 Å². The van der Waals surface area contributed by atoms with Crippen molar-refractivity contribution < 1.29 is 24.0 Å². The molecule has 2 aromatic carbocycles. The predicted octanol–water partition coefficient (Wildman–Crippen LogP) is 3.05. The van der Waals surface area contributed by atoms with E-state index in [-0.39, 0.29) is 5.69 Å². The molecule has 1 fully saturated rings. The first-order chi connectivity index (χ1) is 11.1. The molecule has 23 heavy (non-hydrogen) atoms. The molecule has 0 spiro atoms. The number of ether oxygens (including phenoxy) is 2. The van der Waals surface area contributed by atoms with Gasteiger partial charge in [0.05, 0.1) is 4.92 Å². The van der Waals surface area contributed by atoms with Crippen molar-refractivity contribution in [2.45, 2.75) is 12.2 Å². The van der Waals surface area contributed by atoms with Gasteiger partial charge in [0.25, 0.3) is 5.69 Å². The van der Waals surface area contributed by atoms with Gasteiger partial charge in [-0.3, -0.25) is 14.9 Å². The number of nitro benzene ring substituents is 1. The van der Waals surface area contributed by atoms with Gasteiger partial charge < -0.3 is 9.47 Å². The monoisotopic (exact) mass is 313 g/mol.